The van der Waals surface area contributed by atoms with Gasteiger partial charge in [0.2, 0.25) is 10.0 Å². The fourth-order valence-electron chi connectivity index (χ4n) is 3.25. The van der Waals surface area contributed by atoms with Crippen molar-refractivity contribution in [1.82, 2.24) is 9.62 Å². The molecule has 1 heterocycles. The summed E-state index contributed by atoms with van der Waals surface area (Å²) in [7, 11) is -3.00. The molecule has 1 aromatic rings. The molecular formula is C16H24N2O2S. The lowest BCUT2D eigenvalue weighted by atomic mass is 9.98. The largest absolute Gasteiger partial charge is 0.313 e. The smallest absolute Gasteiger partial charge is 0.211 e. The van der Waals surface area contributed by atoms with Crippen LogP contribution in [-0.2, 0) is 10.0 Å². The van der Waals surface area contributed by atoms with E-state index in [0.717, 1.165) is 19.4 Å². The molecule has 2 fully saturated rings. The standard InChI is InChI=1S/C16H24N2O2S/c1-21(19,20)18-9-7-13(8-10-18)12-17-16-11-15(16)14-5-3-2-4-6-14/h2-6,13,15-17H,7-12H2,1H3. The summed E-state index contributed by atoms with van der Waals surface area (Å²) < 4.78 is 24.6. The van der Waals surface area contributed by atoms with Gasteiger partial charge in [-0.05, 0) is 37.3 Å². The first-order valence-electron chi connectivity index (χ1n) is 7.77. The fraction of sp³-hybridized carbons (Fsp3) is 0.625. The quantitative estimate of drug-likeness (QED) is 0.902. The van der Waals surface area contributed by atoms with Crippen LogP contribution in [0.15, 0.2) is 30.3 Å². The van der Waals surface area contributed by atoms with Crippen LogP contribution in [0.3, 0.4) is 0 Å². The Balaban J connectivity index is 1.40. The van der Waals surface area contributed by atoms with Crippen molar-refractivity contribution < 1.29 is 8.42 Å². The molecule has 1 aliphatic carbocycles. The molecule has 1 aromatic carbocycles. The SMILES string of the molecule is CS(=O)(=O)N1CCC(CNC2CC2c2ccccc2)CC1. The maximum Gasteiger partial charge on any atom is 0.211 e. The van der Waals surface area contributed by atoms with E-state index in [9.17, 15) is 8.42 Å². The summed E-state index contributed by atoms with van der Waals surface area (Å²) in [5.74, 6) is 1.28. The zero-order valence-electron chi connectivity index (χ0n) is 12.5. The second kappa shape index (κ2) is 6.07. The van der Waals surface area contributed by atoms with Crippen LogP contribution in [0.2, 0.25) is 0 Å². The van der Waals surface area contributed by atoms with E-state index < -0.39 is 10.0 Å². The molecule has 3 rings (SSSR count). The number of benzene rings is 1. The minimum absolute atomic E-state index is 0.611. The van der Waals surface area contributed by atoms with Crippen molar-refractivity contribution in [2.45, 2.75) is 31.2 Å². The maximum atomic E-state index is 11.5. The number of sulfonamides is 1. The predicted octanol–water partition coefficient (Wildman–Crippen LogP) is 1.80. The van der Waals surface area contributed by atoms with Crippen molar-refractivity contribution in [3.63, 3.8) is 0 Å². The summed E-state index contributed by atoms with van der Waals surface area (Å²) in [5, 5.41) is 3.66. The summed E-state index contributed by atoms with van der Waals surface area (Å²) in [4.78, 5) is 0. The van der Waals surface area contributed by atoms with Gasteiger partial charge < -0.3 is 5.32 Å². The Labute approximate surface area is 127 Å². The molecule has 0 amide bonds. The highest BCUT2D eigenvalue weighted by Crippen LogP contribution is 2.40. The molecule has 116 valence electrons. The van der Waals surface area contributed by atoms with Crippen LogP contribution in [0.5, 0.6) is 0 Å². The topological polar surface area (TPSA) is 49.4 Å². The third-order valence-corrected chi connectivity index (χ3v) is 6.03. The number of hydrogen-bond acceptors (Lipinski definition) is 3. The monoisotopic (exact) mass is 308 g/mol. The van der Waals surface area contributed by atoms with Gasteiger partial charge in [-0.1, -0.05) is 30.3 Å². The Morgan fingerprint density at radius 3 is 2.48 bits per heavy atom. The van der Waals surface area contributed by atoms with E-state index in [1.165, 1.54) is 18.2 Å². The zero-order chi connectivity index (χ0) is 14.9. The Kier molecular flexibility index (Phi) is 4.33. The molecule has 0 bridgehead atoms. The number of piperidine rings is 1. The number of rotatable bonds is 5. The van der Waals surface area contributed by atoms with Crippen LogP contribution < -0.4 is 5.32 Å². The molecule has 2 aliphatic rings. The first kappa shape index (κ1) is 15.0. The normalized spacial score (nSPS) is 27.7. The molecule has 0 aromatic heterocycles. The van der Waals surface area contributed by atoms with Gasteiger partial charge >= 0.3 is 0 Å². The minimum Gasteiger partial charge on any atom is -0.313 e. The number of nitrogens with zero attached hydrogens (tertiary/aromatic N) is 1. The summed E-state index contributed by atoms with van der Waals surface area (Å²) in [6, 6.07) is 11.3. The van der Waals surface area contributed by atoms with Gasteiger partial charge in [-0.2, -0.15) is 0 Å². The van der Waals surface area contributed by atoms with Crippen LogP contribution in [-0.4, -0.2) is 44.7 Å². The molecule has 1 saturated carbocycles. The Bertz CT molecular complexity index is 565. The van der Waals surface area contributed by atoms with E-state index in [1.54, 1.807) is 4.31 Å². The van der Waals surface area contributed by atoms with Crippen molar-refractivity contribution in [1.29, 1.82) is 0 Å². The molecule has 21 heavy (non-hydrogen) atoms. The van der Waals surface area contributed by atoms with Gasteiger partial charge in [-0.25, -0.2) is 12.7 Å². The molecule has 1 saturated heterocycles. The summed E-state index contributed by atoms with van der Waals surface area (Å²) in [5.41, 5.74) is 1.43. The van der Waals surface area contributed by atoms with Gasteiger partial charge in [0.1, 0.15) is 0 Å². The van der Waals surface area contributed by atoms with E-state index >= 15 is 0 Å². The molecule has 5 heteroatoms. The molecule has 1 N–H and O–H groups in total. The van der Waals surface area contributed by atoms with E-state index in [4.69, 9.17) is 0 Å². The molecule has 4 nitrogen and oxygen atoms in total. The first-order chi connectivity index (χ1) is 10.0. The molecular weight excluding hydrogens is 284 g/mol. The summed E-state index contributed by atoms with van der Waals surface area (Å²) >= 11 is 0. The second-order valence-corrected chi connectivity index (χ2v) is 8.36. The van der Waals surface area contributed by atoms with Crippen LogP contribution in [0.1, 0.15) is 30.7 Å². The third kappa shape index (κ3) is 3.84. The highest BCUT2D eigenvalue weighted by atomic mass is 32.2. The van der Waals surface area contributed by atoms with Gasteiger partial charge in [0.25, 0.3) is 0 Å². The van der Waals surface area contributed by atoms with E-state index in [2.05, 4.69) is 35.6 Å². The van der Waals surface area contributed by atoms with E-state index in [-0.39, 0.29) is 0 Å². The zero-order valence-corrected chi connectivity index (χ0v) is 13.3. The highest BCUT2D eigenvalue weighted by Gasteiger charge is 2.38. The van der Waals surface area contributed by atoms with Crippen molar-refractivity contribution in [3.05, 3.63) is 35.9 Å². The number of nitrogens with one attached hydrogen (secondary N) is 1. The van der Waals surface area contributed by atoms with E-state index in [1.807, 2.05) is 0 Å². The van der Waals surface area contributed by atoms with Gasteiger partial charge in [0, 0.05) is 25.0 Å². The minimum atomic E-state index is -3.00. The van der Waals surface area contributed by atoms with Crippen LogP contribution >= 0.6 is 0 Å². The maximum absolute atomic E-state index is 11.5. The number of hydrogen-bond donors (Lipinski definition) is 1. The lowest BCUT2D eigenvalue weighted by molar-refractivity contribution is 0.268. The fourth-order valence-corrected chi connectivity index (χ4v) is 4.13. The highest BCUT2D eigenvalue weighted by molar-refractivity contribution is 7.88. The summed E-state index contributed by atoms with van der Waals surface area (Å²) in [6.45, 7) is 2.38. The van der Waals surface area contributed by atoms with Crippen LogP contribution in [0.4, 0.5) is 0 Å². The first-order valence-corrected chi connectivity index (χ1v) is 9.62. The van der Waals surface area contributed by atoms with Crippen LogP contribution in [0, 0.1) is 5.92 Å². The summed E-state index contributed by atoms with van der Waals surface area (Å²) in [6.07, 6.45) is 4.48. The van der Waals surface area contributed by atoms with Crippen molar-refractivity contribution in [3.8, 4) is 0 Å². The van der Waals surface area contributed by atoms with Gasteiger partial charge in [0.15, 0.2) is 0 Å². The van der Waals surface area contributed by atoms with Gasteiger partial charge in [-0.15, -0.1) is 0 Å². The second-order valence-electron chi connectivity index (χ2n) is 6.37. The molecule has 2 unspecified atom stereocenters. The van der Waals surface area contributed by atoms with Gasteiger partial charge in [-0.3, -0.25) is 0 Å². The van der Waals surface area contributed by atoms with Crippen molar-refractivity contribution in [2.75, 3.05) is 25.9 Å². The molecule has 1 aliphatic heterocycles. The average molecular weight is 308 g/mol. The Morgan fingerprint density at radius 2 is 1.86 bits per heavy atom. The van der Waals surface area contributed by atoms with Crippen LogP contribution in [0.25, 0.3) is 0 Å². The molecule has 0 radical (unpaired) electrons. The lowest BCUT2D eigenvalue weighted by Crippen LogP contribution is -2.40. The lowest BCUT2D eigenvalue weighted by Gasteiger charge is -2.30. The predicted molar refractivity (Wildman–Crippen MR) is 84.7 cm³/mol. The average Bonchev–Trinajstić information content (AvgIpc) is 3.25. The molecule has 2 atom stereocenters. The third-order valence-electron chi connectivity index (χ3n) is 4.73. The van der Waals surface area contributed by atoms with Gasteiger partial charge in [0.05, 0.1) is 6.26 Å². The Morgan fingerprint density at radius 1 is 1.19 bits per heavy atom. The van der Waals surface area contributed by atoms with Crippen molar-refractivity contribution in [2.24, 2.45) is 5.92 Å². The van der Waals surface area contributed by atoms with E-state index in [0.29, 0.717) is 31.0 Å². The van der Waals surface area contributed by atoms with Crippen molar-refractivity contribution >= 4 is 10.0 Å². The molecule has 0 spiro atoms. The Hall–Kier alpha value is -0.910.